The smallest absolute Gasteiger partial charge is 0.257 e. The minimum atomic E-state index is -0.111. The van der Waals surface area contributed by atoms with Crippen molar-refractivity contribution in [2.24, 2.45) is 0 Å². The molecule has 0 fully saturated rings. The zero-order valence-corrected chi connectivity index (χ0v) is 15.9. The molecule has 142 valence electrons. The number of aryl methyl sites for hydroxylation is 2. The number of aromatic nitrogens is 2. The first-order valence-electron chi connectivity index (χ1n) is 9.51. The molecule has 0 saturated heterocycles. The van der Waals surface area contributed by atoms with E-state index in [-0.39, 0.29) is 12.5 Å². The molecule has 4 rings (SSSR count). The van der Waals surface area contributed by atoms with Gasteiger partial charge in [-0.15, -0.1) is 0 Å². The van der Waals surface area contributed by atoms with Gasteiger partial charge in [0.25, 0.3) is 5.91 Å². The maximum Gasteiger partial charge on any atom is 0.257 e. The minimum absolute atomic E-state index is 0.0192. The second-order valence-corrected chi connectivity index (χ2v) is 6.80. The fraction of sp³-hybridized carbons (Fsp3) is 0.217. The van der Waals surface area contributed by atoms with E-state index in [1.165, 1.54) is 0 Å². The number of imidazole rings is 1. The van der Waals surface area contributed by atoms with Gasteiger partial charge in [-0.05, 0) is 48.4 Å². The molecule has 0 bridgehead atoms. The fourth-order valence-corrected chi connectivity index (χ4v) is 3.40. The highest BCUT2D eigenvalue weighted by Crippen LogP contribution is 2.20. The molecule has 0 atom stereocenters. The minimum Gasteiger partial charge on any atom is -0.484 e. The number of rotatable bonds is 7. The molecule has 0 aliphatic carbocycles. The van der Waals surface area contributed by atoms with Crippen molar-refractivity contribution in [1.82, 2.24) is 14.9 Å². The number of carbonyl (C=O) groups excluding carboxylic acids is 1. The second kappa shape index (κ2) is 8.13. The summed E-state index contributed by atoms with van der Waals surface area (Å²) in [4.78, 5) is 16.6. The van der Waals surface area contributed by atoms with Crippen molar-refractivity contribution in [3.8, 4) is 5.75 Å². The number of carbonyl (C=O) groups is 1. The van der Waals surface area contributed by atoms with E-state index in [4.69, 9.17) is 4.74 Å². The summed E-state index contributed by atoms with van der Waals surface area (Å²) in [6.45, 7) is 3.45. The molecule has 1 heterocycles. The molecule has 5 nitrogen and oxygen atoms in total. The summed E-state index contributed by atoms with van der Waals surface area (Å²) in [5.74, 6) is 1.59. The van der Waals surface area contributed by atoms with E-state index < -0.39 is 0 Å². The monoisotopic (exact) mass is 373 g/mol. The molecule has 0 aliphatic rings. The number of para-hydroxylation sites is 2. The van der Waals surface area contributed by atoms with Crippen LogP contribution in [-0.2, 0) is 11.3 Å². The zero-order chi connectivity index (χ0) is 19.3. The first-order valence-corrected chi connectivity index (χ1v) is 9.51. The number of hydrogen-bond donors (Lipinski definition) is 1. The van der Waals surface area contributed by atoms with Gasteiger partial charge in [0.2, 0.25) is 0 Å². The lowest BCUT2D eigenvalue weighted by atomic mass is 10.1. The Morgan fingerprint density at radius 1 is 1.04 bits per heavy atom. The molecule has 1 amide bonds. The Morgan fingerprint density at radius 3 is 2.71 bits per heavy atom. The van der Waals surface area contributed by atoms with Crippen LogP contribution in [0.2, 0.25) is 0 Å². The number of benzene rings is 3. The van der Waals surface area contributed by atoms with E-state index in [9.17, 15) is 4.79 Å². The van der Waals surface area contributed by atoms with E-state index in [2.05, 4.69) is 27.0 Å². The topological polar surface area (TPSA) is 56.2 Å². The second-order valence-electron chi connectivity index (χ2n) is 6.80. The molecule has 0 radical (unpaired) electrons. The molecule has 3 aromatic carbocycles. The van der Waals surface area contributed by atoms with Crippen molar-refractivity contribution in [3.05, 3.63) is 72.6 Å². The number of nitrogens with one attached hydrogen (secondary N) is 1. The Kier molecular flexibility index (Phi) is 5.24. The molecule has 1 aromatic heterocycles. The molecule has 1 N–H and O–H groups in total. The largest absolute Gasteiger partial charge is 0.484 e. The van der Waals surface area contributed by atoms with E-state index in [0.717, 1.165) is 40.6 Å². The summed E-state index contributed by atoms with van der Waals surface area (Å²) < 4.78 is 7.82. The van der Waals surface area contributed by atoms with Crippen LogP contribution in [0.15, 0.2) is 66.7 Å². The Morgan fingerprint density at radius 2 is 1.82 bits per heavy atom. The number of fused-ring (bicyclic) bond motifs is 2. The highest BCUT2D eigenvalue weighted by Gasteiger charge is 2.07. The quantitative estimate of drug-likeness (QED) is 0.497. The summed E-state index contributed by atoms with van der Waals surface area (Å²) in [6, 6.07) is 22.0. The van der Waals surface area contributed by atoms with Gasteiger partial charge in [0.1, 0.15) is 11.6 Å². The lowest BCUT2D eigenvalue weighted by Crippen LogP contribution is -2.30. The third-order valence-corrected chi connectivity index (χ3v) is 4.82. The molecular weight excluding hydrogens is 350 g/mol. The van der Waals surface area contributed by atoms with E-state index in [1.54, 1.807) is 0 Å². The first kappa shape index (κ1) is 18.0. The lowest BCUT2D eigenvalue weighted by molar-refractivity contribution is -0.123. The molecule has 0 unspecified atom stereocenters. The molecule has 0 aliphatic heterocycles. The van der Waals surface area contributed by atoms with Crippen LogP contribution in [0, 0.1) is 6.92 Å². The standard InChI is InChI=1S/C23H23N3O2/c1-17-25-21-9-4-5-10-22(21)26(17)14-6-13-24-23(27)16-28-20-12-11-18-7-2-3-8-19(18)15-20/h2-5,7-12,15H,6,13-14,16H2,1H3,(H,24,27). The molecule has 5 heteroatoms. The van der Waals surface area contributed by atoms with Crippen molar-refractivity contribution in [2.75, 3.05) is 13.2 Å². The van der Waals surface area contributed by atoms with E-state index in [0.29, 0.717) is 12.3 Å². The highest BCUT2D eigenvalue weighted by molar-refractivity contribution is 5.84. The van der Waals surface area contributed by atoms with Gasteiger partial charge in [-0.1, -0.05) is 42.5 Å². The predicted octanol–water partition coefficient (Wildman–Crippen LogP) is 4.08. The van der Waals surface area contributed by atoms with Gasteiger partial charge < -0.3 is 14.6 Å². The van der Waals surface area contributed by atoms with Crippen molar-refractivity contribution in [1.29, 1.82) is 0 Å². The number of hydrogen-bond acceptors (Lipinski definition) is 3. The summed E-state index contributed by atoms with van der Waals surface area (Å²) in [5.41, 5.74) is 2.14. The van der Waals surface area contributed by atoms with Crippen LogP contribution in [0.25, 0.3) is 21.8 Å². The van der Waals surface area contributed by atoms with Crippen LogP contribution in [-0.4, -0.2) is 28.6 Å². The molecule has 0 spiro atoms. The average molecular weight is 373 g/mol. The van der Waals surface area contributed by atoms with Crippen LogP contribution in [0.5, 0.6) is 5.75 Å². The molecular formula is C23H23N3O2. The molecule has 0 saturated carbocycles. The SMILES string of the molecule is Cc1nc2ccccc2n1CCCNC(=O)COc1ccc2ccccc2c1. The van der Waals surface area contributed by atoms with Crippen molar-refractivity contribution < 1.29 is 9.53 Å². The normalized spacial score (nSPS) is 11.0. The molecule has 28 heavy (non-hydrogen) atoms. The fourth-order valence-electron chi connectivity index (χ4n) is 3.40. The van der Waals surface area contributed by atoms with Crippen LogP contribution < -0.4 is 10.1 Å². The Labute approximate surface area is 164 Å². The van der Waals surface area contributed by atoms with Gasteiger partial charge in [0, 0.05) is 13.1 Å². The Hall–Kier alpha value is -3.34. The van der Waals surface area contributed by atoms with Gasteiger partial charge in [-0.2, -0.15) is 0 Å². The van der Waals surface area contributed by atoms with Crippen LogP contribution in [0.1, 0.15) is 12.2 Å². The lowest BCUT2D eigenvalue weighted by Gasteiger charge is -2.10. The van der Waals surface area contributed by atoms with Gasteiger partial charge in [-0.25, -0.2) is 4.98 Å². The Bertz CT molecular complexity index is 1120. The number of amides is 1. The maximum atomic E-state index is 12.1. The number of ether oxygens (including phenoxy) is 1. The van der Waals surface area contributed by atoms with Gasteiger partial charge >= 0.3 is 0 Å². The Balaban J connectivity index is 1.24. The number of nitrogens with zero attached hydrogens (tertiary/aromatic N) is 2. The van der Waals surface area contributed by atoms with Crippen molar-refractivity contribution in [3.63, 3.8) is 0 Å². The van der Waals surface area contributed by atoms with Crippen molar-refractivity contribution >= 4 is 27.7 Å². The maximum absolute atomic E-state index is 12.1. The third kappa shape index (κ3) is 3.98. The zero-order valence-electron chi connectivity index (χ0n) is 15.9. The average Bonchev–Trinajstić information content (AvgIpc) is 3.04. The van der Waals surface area contributed by atoms with Gasteiger partial charge in [0.05, 0.1) is 11.0 Å². The van der Waals surface area contributed by atoms with Gasteiger partial charge in [-0.3, -0.25) is 4.79 Å². The summed E-state index contributed by atoms with van der Waals surface area (Å²) >= 11 is 0. The highest BCUT2D eigenvalue weighted by atomic mass is 16.5. The predicted molar refractivity (Wildman–Crippen MR) is 112 cm³/mol. The van der Waals surface area contributed by atoms with Gasteiger partial charge in [0.15, 0.2) is 6.61 Å². The van der Waals surface area contributed by atoms with Crippen molar-refractivity contribution in [2.45, 2.75) is 19.9 Å². The third-order valence-electron chi connectivity index (χ3n) is 4.82. The molecule has 4 aromatic rings. The summed E-state index contributed by atoms with van der Waals surface area (Å²) in [7, 11) is 0. The first-order chi connectivity index (χ1) is 13.7. The van der Waals surface area contributed by atoms with E-state index >= 15 is 0 Å². The summed E-state index contributed by atoms with van der Waals surface area (Å²) in [5, 5.41) is 5.18. The summed E-state index contributed by atoms with van der Waals surface area (Å²) in [6.07, 6.45) is 0.836. The van der Waals surface area contributed by atoms with Crippen LogP contribution >= 0.6 is 0 Å². The van der Waals surface area contributed by atoms with Crippen LogP contribution in [0.4, 0.5) is 0 Å². The van der Waals surface area contributed by atoms with E-state index in [1.807, 2.05) is 61.5 Å². The van der Waals surface area contributed by atoms with Crippen LogP contribution in [0.3, 0.4) is 0 Å².